The van der Waals surface area contributed by atoms with E-state index in [-0.39, 0.29) is 28.4 Å². The molecule has 11 nitrogen and oxygen atoms in total. The van der Waals surface area contributed by atoms with Crippen LogP contribution in [0.3, 0.4) is 0 Å². The molecule has 36 heavy (non-hydrogen) atoms. The van der Waals surface area contributed by atoms with Crippen molar-refractivity contribution in [3.8, 4) is 0 Å². The fourth-order valence-corrected chi connectivity index (χ4v) is 4.26. The van der Waals surface area contributed by atoms with Crippen LogP contribution in [-0.2, 0) is 14.4 Å². The van der Waals surface area contributed by atoms with Gasteiger partial charge in [-0.3, -0.25) is 29.8 Å². The molecule has 1 N–H and O–H groups in total. The number of nitro groups is 1. The number of rotatable bonds is 4. The topological polar surface area (TPSA) is 133 Å². The number of piperazine rings is 1. The molecular formula is C24H22ClN5O6. The van der Waals surface area contributed by atoms with E-state index in [9.17, 15) is 29.3 Å². The highest BCUT2D eigenvalue weighted by atomic mass is 35.5. The van der Waals surface area contributed by atoms with Gasteiger partial charge >= 0.3 is 6.03 Å². The average Bonchev–Trinajstić information content (AvgIpc) is 2.83. The summed E-state index contributed by atoms with van der Waals surface area (Å²) < 4.78 is 0. The van der Waals surface area contributed by atoms with Crippen molar-refractivity contribution in [3.63, 3.8) is 0 Å². The van der Waals surface area contributed by atoms with E-state index >= 15 is 0 Å². The number of urea groups is 1. The number of halogens is 1. The number of hydrogen-bond acceptors (Lipinski definition) is 7. The van der Waals surface area contributed by atoms with Gasteiger partial charge < -0.3 is 9.80 Å². The van der Waals surface area contributed by atoms with Crippen molar-refractivity contribution in [2.75, 3.05) is 36.0 Å². The molecule has 2 aliphatic rings. The Bertz CT molecular complexity index is 1330. The molecule has 0 aliphatic carbocycles. The third kappa shape index (κ3) is 4.78. The molecule has 0 spiro atoms. The Kier molecular flexibility index (Phi) is 6.75. The summed E-state index contributed by atoms with van der Waals surface area (Å²) in [5, 5.41) is 13.9. The molecule has 4 rings (SSSR count). The summed E-state index contributed by atoms with van der Waals surface area (Å²) in [6.07, 6.45) is 1.24. The van der Waals surface area contributed by atoms with Gasteiger partial charge in [-0.05, 0) is 36.8 Å². The molecule has 2 aliphatic heterocycles. The SMILES string of the molecule is CC(=O)N1CCN(c2ccc([N+](=O)[O-])cc2/C=C2/C(=O)NC(=O)N(c3ccc(C)c(Cl)c3)C2=O)CC1. The first kappa shape index (κ1) is 24.9. The van der Waals surface area contributed by atoms with Crippen LogP contribution in [0.1, 0.15) is 18.1 Å². The first-order valence-electron chi connectivity index (χ1n) is 11.0. The molecule has 5 amide bonds. The predicted octanol–water partition coefficient (Wildman–Crippen LogP) is 2.89. The maximum Gasteiger partial charge on any atom is 0.335 e. The maximum absolute atomic E-state index is 13.3. The lowest BCUT2D eigenvalue weighted by Crippen LogP contribution is -2.54. The van der Waals surface area contributed by atoms with Gasteiger partial charge in [0.15, 0.2) is 0 Å². The van der Waals surface area contributed by atoms with E-state index in [0.29, 0.717) is 36.9 Å². The van der Waals surface area contributed by atoms with Crippen LogP contribution in [0.25, 0.3) is 6.08 Å². The molecular weight excluding hydrogens is 490 g/mol. The molecule has 2 aromatic carbocycles. The number of barbiturate groups is 1. The van der Waals surface area contributed by atoms with Gasteiger partial charge in [0.05, 0.1) is 10.6 Å². The maximum atomic E-state index is 13.3. The molecule has 0 bridgehead atoms. The smallest absolute Gasteiger partial charge is 0.335 e. The van der Waals surface area contributed by atoms with Gasteiger partial charge in [0.25, 0.3) is 17.5 Å². The number of carbonyl (C=O) groups excluding carboxylic acids is 4. The highest BCUT2D eigenvalue weighted by Crippen LogP contribution is 2.31. The van der Waals surface area contributed by atoms with Gasteiger partial charge in [-0.15, -0.1) is 0 Å². The normalized spacial score (nSPS) is 17.5. The van der Waals surface area contributed by atoms with Gasteiger partial charge in [-0.1, -0.05) is 17.7 Å². The number of imide groups is 2. The van der Waals surface area contributed by atoms with Crippen LogP contribution in [0.4, 0.5) is 21.9 Å². The standard InChI is InChI=1S/C24H22ClN5O6/c1-14-3-4-17(13-20(14)25)29-23(33)19(22(32)26-24(29)34)12-16-11-18(30(35)36)5-6-21(16)28-9-7-27(8-10-28)15(2)31/h3-6,11-13H,7-10H2,1-2H3,(H,26,32,34)/b19-12-. The van der Waals surface area contributed by atoms with Crippen molar-refractivity contribution >= 4 is 58.5 Å². The molecule has 2 saturated heterocycles. The number of hydrogen-bond donors (Lipinski definition) is 1. The second-order valence-electron chi connectivity index (χ2n) is 8.38. The lowest BCUT2D eigenvalue weighted by atomic mass is 10.0. The van der Waals surface area contributed by atoms with E-state index in [0.717, 1.165) is 10.5 Å². The second kappa shape index (κ2) is 9.78. The molecule has 2 aromatic rings. The Morgan fingerprint density at radius 1 is 1.08 bits per heavy atom. The monoisotopic (exact) mass is 511 g/mol. The van der Waals surface area contributed by atoms with Crippen molar-refractivity contribution in [2.45, 2.75) is 13.8 Å². The predicted molar refractivity (Wildman–Crippen MR) is 133 cm³/mol. The number of nitrogens with one attached hydrogen (secondary N) is 1. The van der Waals surface area contributed by atoms with Crippen LogP contribution < -0.4 is 15.1 Å². The summed E-state index contributed by atoms with van der Waals surface area (Å²) >= 11 is 6.16. The zero-order chi connectivity index (χ0) is 26.1. The Morgan fingerprint density at radius 2 is 1.78 bits per heavy atom. The summed E-state index contributed by atoms with van der Waals surface area (Å²) in [4.78, 5) is 65.5. The van der Waals surface area contributed by atoms with E-state index in [1.165, 1.54) is 37.3 Å². The largest absolute Gasteiger partial charge is 0.367 e. The number of anilines is 2. The zero-order valence-corrected chi connectivity index (χ0v) is 20.2. The lowest BCUT2D eigenvalue weighted by Gasteiger charge is -2.36. The van der Waals surface area contributed by atoms with E-state index in [1.807, 2.05) is 4.90 Å². The van der Waals surface area contributed by atoms with E-state index in [1.54, 1.807) is 24.0 Å². The average molecular weight is 512 g/mol. The highest BCUT2D eigenvalue weighted by molar-refractivity contribution is 6.39. The van der Waals surface area contributed by atoms with Gasteiger partial charge in [0.2, 0.25) is 5.91 Å². The molecule has 0 aromatic heterocycles. The molecule has 0 radical (unpaired) electrons. The number of aryl methyl sites for hydroxylation is 1. The Hall–Kier alpha value is -4.25. The van der Waals surface area contributed by atoms with Crippen LogP contribution in [0.2, 0.25) is 5.02 Å². The van der Waals surface area contributed by atoms with Gasteiger partial charge in [0.1, 0.15) is 5.57 Å². The third-order valence-corrected chi connectivity index (χ3v) is 6.51. The minimum atomic E-state index is -0.929. The number of non-ortho nitro benzene ring substituents is 1. The lowest BCUT2D eigenvalue weighted by molar-refractivity contribution is -0.384. The van der Waals surface area contributed by atoms with Crippen molar-refractivity contribution in [1.82, 2.24) is 10.2 Å². The molecule has 186 valence electrons. The Balaban J connectivity index is 1.75. The van der Waals surface area contributed by atoms with Gasteiger partial charge in [0, 0.05) is 61.5 Å². The molecule has 2 fully saturated rings. The zero-order valence-electron chi connectivity index (χ0n) is 19.5. The van der Waals surface area contributed by atoms with Gasteiger partial charge in [-0.25, -0.2) is 9.69 Å². The van der Waals surface area contributed by atoms with E-state index < -0.39 is 22.8 Å². The highest BCUT2D eigenvalue weighted by Gasteiger charge is 2.37. The number of benzene rings is 2. The quantitative estimate of drug-likeness (QED) is 0.289. The molecule has 12 heteroatoms. The fraction of sp³-hybridized carbons (Fsp3) is 0.250. The van der Waals surface area contributed by atoms with Crippen LogP contribution in [-0.4, -0.2) is 59.8 Å². The van der Waals surface area contributed by atoms with Gasteiger partial charge in [-0.2, -0.15) is 0 Å². The number of amides is 5. The van der Waals surface area contributed by atoms with Crippen molar-refractivity contribution in [2.24, 2.45) is 0 Å². The van der Waals surface area contributed by atoms with Crippen LogP contribution in [0.5, 0.6) is 0 Å². The van der Waals surface area contributed by atoms with E-state index in [4.69, 9.17) is 11.6 Å². The van der Waals surface area contributed by atoms with Crippen LogP contribution >= 0.6 is 11.6 Å². The Morgan fingerprint density at radius 3 is 2.39 bits per heavy atom. The summed E-state index contributed by atoms with van der Waals surface area (Å²) in [5.41, 5.74) is 1.13. The minimum Gasteiger partial charge on any atom is -0.367 e. The molecule has 2 heterocycles. The number of nitrogens with zero attached hydrogens (tertiary/aromatic N) is 4. The Labute approximate surface area is 211 Å². The number of nitro benzene ring substituents is 1. The van der Waals surface area contributed by atoms with E-state index in [2.05, 4.69) is 5.32 Å². The molecule has 0 atom stereocenters. The second-order valence-corrected chi connectivity index (χ2v) is 8.79. The van der Waals surface area contributed by atoms with Crippen LogP contribution in [0, 0.1) is 17.0 Å². The van der Waals surface area contributed by atoms with Crippen molar-refractivity contribution in [1.29, 1.82) is 0 Å². The van der Waals surface area contributed by atoms with Crippen molar-refractivity contribution < 1.29 is 24.1 Å². The van der Waals surface area contributed by atoms with Crippen LogP contribution in [0.15, 0.2) is 42.0 Å². The number of carbonyl (C=O) groups is 4. The first-order valence-corrected chi connectivity index (χ1v) is 11.4. The molecule has 0 unspecified atom stereocenters. The summed E-state index contributed by atoms with van der Waals surface area (Å²) in [6, 6.07) is 7.82. The van der Waals surface area contributed by atoms with Crippen molar-refractivity contribution in [3.05, 3.63) is 68.2 Å². The molecule has 0 saturated carbocycles. The first-order chi connectivity index (χ1) is 17.1. The third-order valence-electron chi connectivity index (χ3n) is 6.10. The minimum absolute atomic E-state index is 0.0499. The fourth-order valence-electron chi connectivity index (χ4n) is 4.09. The summed E-state index contributed by atoms with van der Waals surface area (Å²) in [7, 11) is 0. The summed E-state index contributed by atoms with van der Waals surface area (Å²) in [6.45, 7) is 5.08. The summed E-state index contributed by atoms with van der Waals surface area (Å²) in [5.74, 6) is -1.85.